The number of para-hydroxylation sites is 1. The highest BCUT2D eigenvalue weighted by molar-refractivity contribution is 6.34. The molecule has 1 atom stereocenters. The second-order valence-corrected chi connectivity index (χ2v) is 8.07. The van der Waals surface area contributed by atoms with E-state index in [1.807, 2.05) is 43.5 Å². The normalized spacial score (nSPS) is 16.9. The highest BCUT2D eigenvalue weighted by Gasteiger charge is 2.26. The summed E-state index contributed by atoms with van der Waals surface area (Å²) >= 11 is 6.45. The summed E-state index contributed by atoms with van der Waals surface area (Å²) in [5.74, 6) is 1.35. The monoisotopic (exact) mass is 417 g/mol. The average Bonchev–Trinajstić information content (AvgIpc) is 3.17. The fourth-order valence-electron chi connectivity index (χ4n) is 3.91. The van der Waals surface area contributed by atoms with E-state index >= 15 is 0 Å². The van der Waals surface area contributed by atoms with Crippen LogP contribution < -0.4 is 10.1 Å². The van der Waals surface area contributed by atoms with Crippen LogP contribution in [0.3, 0.4) is 0 Å². The van der Waals surface area contributed by atoms with E-state index in [2.05, 4.69) is 21.4 Å². The highest BCUT2D eigenvalue weighted by Crippen LogP contribution is 2.32. The molecule has 2 aliphatic rings. The molecule has 0 fully saturated rings. The lowest BCUT2D eigenvalue weighted by atomic mass is 10.0. The van der Waals surface area contributed by atoms with Gasteiger partial charge >= 0.3 is 0 Å². The van der Waals surface area contributed by atoms with Gasteiger partial charge in [-0.15, -0.1) is 0 Å². The molecule has 0 saturated carbocycles. The Morgan fingerprint density at radius 2 is 2.03 bits per heavy atom. The first kappa shape index (κ1) is 18.8. The number of ether oxygens (including phenoxy) is 1. The quantitative estimate of drug-likeness (QED) is 0.648. The van der Waals surface area contributed by atoms with Gasteiger partial charge in [0, 0.05) is 34.5 Å². The van der Waals surface area contributed by atoms with Crippen molar-refractivity contribution in [3.8, 4) is 5.75 Å². The summed E-state index contributed by atoms with van der Waals surface area (Å²) in [6.45, 7) is 2.01. The molecule has 0 spiro atoms. The molecule has 3 heterocycles. The van der Waals surface area contributed by atoms with Crippen LogP contribution in [0, 0.1) is 6.92 Å². The molecule has 0 saturated heterocycles. The van der Waals surface area contributed by atoms with Gasteiger partial charge in [-0.05, 0) is 55.2 Å². The number of aryl methyl sites for hydroxylation is 2. The molecule has 3 aromatic rings. The molecular weight excluding hydrogens is 398 g/mol. The van der Waals surface area contributed by atoms with Crippen LogP contribution in [0.25, 0.3) is 0 Å². The van der Waals surface area contributed by atoms with Gasteiger partial charge < -0.3 is 10.1 Å². The van der Waals surface area contributed by atoms with Crippen molar-refractivity contribution in [3.63, 3.8) is 0 Å². The molecule has 150 valence electrons. The number of fused-ring (bicyclic) bond motifs is 2. The lowest BCUT2D eigenvalue weighted by molar-refractivity contribution is -0.123. The minimum atomic E-state index is -0.515. The van der Waals surface area contributed by atoms with E-state index in [9.17, 15) is 4.79 Å². The van der Waals surface area contributed by atoms with Gasteiger partial charge in [-0.1, -0.05) is 35.9 Å². The summed E-state index contributed by atoms with van der Waals surface area (Å²) < 4.78 is 5.90. The maximum atomic E-state index is 12.8. The highest BCUT2D eigenvalue weighted by atomic mass is 35.5. The van der Waals surface area contributed by atoms with Gasteiger partial charge in [0.15, 0.2) is 11.9 Å². The number of amides is 1. The number of carbonyl (C=O) groups excluding carboxylic acids is 1. The van der Waals surface area contributed by atoms with Gasteiger partial charge in [-0.2, -0.15) is 0 Å². The zero-order chi connectivity index (χ0) is 20.7. The van der Waals surface area contributed by atoms with Crippen molar-refractivity contribution >= 4 is 34.7 Å². The number of hydrogen-bond donors (Lipinski definition) is 1. The second-order valence-electron chi connectivity index (χ2n) is 7.67. The van der Waals surface area contributed by atoms with Crippen LogP contribution in [0.4, 0.5) is 11.5 Å². The Balaban J connectivity index is 1.34. The molecule has 5 nitrogen and oxygen atoms in total. The van der Waals surface area contributed by atoms with E-state index in [4.69, 9.17) is 16.3 Å². The number of hydrogen-bond acceptors (Lipinski definition) is 4. The fraction of sp³-hybridized carbons (Fsp3) is 0.208. The predicted octanol–water partition coefficient (Wildman–Crippen LogP) is 5.05. The van der Waals surface area contributed by atoms with Crippen molar-refractivity contribution < 1.29 is 9.53 Å². The number of nitrogens with one attached hydrogen (secondary N) is 1. The SMILES string of the molecule is Cc1cnc2c(c1)CC(c1cc(NC(=O)C3CCc4ccccc4O3)ccc1Cl)=N2. The Morgan fingerprint density at radius 1 is 1.17 bits per heavy atom. The van der Waals surface area contributed by atoms with Crippen molar-refractivity contribution in [2.24, 2.45) is 4.99 Å². The number of halogens is 1. The topological polar surface area (TPSA) is 63.6 Å². The number of anilines is 1. The molecule has 5 rings (SSSR count). The minimum absolute atomic E-state index is 0.160. The van der Waals surface area contributed by atoms with Crippen molar-refractivity contribution in [3.05, 3.63) is 82.0 Å². The third kappa shape index (κ3) is 3.57. The van der Waals surface area contributed by atoms with Gasteiger partial charge in [-0.3, -0.25) is 4.79 Å². The number of rotatable bonds is 3. The maximum absolute atomic E-state index is 12.8. The Morgan fingerprint density at radius 3 is 2.93 bits per heavy atom. The lowest BCUT2D eigenvalue weighted by Crippen LogP contribution is -2.35. The molecular formula is C24H20ClN3O2. The molecule has 6 heteroatoms. The molecule has 30 heavy (non-hydrogen) atoms. The second kappa shape index (κ2) is 7.58. The number of aliphatic imine (C=N–C) groups is 1. The number of nitrogens with zero attached hydrogens (tertiary/aromatic N) is 2. The van der Waals surface area contributed by atoms with Gasteiger partial charge in [0.05, 0.1) is 5.71 Å². The third-order valence-electron chi connectivity index (χ3n) is 5.43. The molecule has 2 aromatic carbocycles. The zero-order valence-corrected chi connectivity index (χ0v) is 17.2. The Labute approximate surface area is 179 Å². The standard InChI is InChI=1S/C24H20ClN3O2/c1-14-10-16-11-20(28-23(16)26-13-14)18-12-17(7-8-19(18)25)27-24(29)22-9-6-15-4-2-3-5-21(15)30-22/h2-5,7-8,10,12-13,22H,6,9,11H2,1H3,(H,27,29). The first-order chi connectivity index (χ1) is 14.6. The summed E-state index contributed by atoms with van der Waals surface area (Å²) in [6, 6.07) is 15.4. The first-order valence-electron chi connectivity index (χ1n) is 9.95. The maximum Gasteiger partial charge on any atom is 0.265 e. The first-order valence-corrected chi connectivity index (χ1v) is 10.3. The minimum Gasteiger partial charge on any atom is -0.480 e. The van der Waals surface area contributed by atoms with E-state index in [-0.39, 0.29) is 5.91 Å². The number of aromatic nitrogens is 1. The van der Waals surface area contributed by atoms with E-state index in [0.717, 1.165) is 46.0 Å². The zero-order valence-electron chi connectivity index (χ0n) is 16.5. The summed E-state index contributed by atoms with van der Waals surface area (Å²) in [5, 5.41) is 3.57. The molecule has 1 N–H and O–H groups in total. The van der Waals surface area contributed by atoms with Crippen molar-refractivity contribution in [1.82, 2.24) is 4.98 Å². The van der Waals surface area contributed by atoms with E-state index in [1.54, 1.807) is 12.1 Å². The smallest absolute Gasteiger partial charge is 0.265 e. The molecule has 1 amide bonds. The van der Waals surface area contributed by atoms with E-state index in [0.29, 0.717) is 23.6 Å². The summed E-state index contributed by atoms with van der Waals surface area (Å²) in [7, 11) is 0. The van der Waals surface area contributed by atoms with Crippen molar-refractivity contribution in [1.29, 1.82) is 0 Å². The number of carbonyl (C=O) groups is 1. The summed E-state index contributed by atoms with van der Waals surface area (Å²) in [6.07, 6.45) is 3.44. The summed E-state index contributed by atoms with van der Waals surface area (Å²) in [5.41, 5.74) is 5.66. The number of benzene rings is 2. The lowest BCUT2D eigenvalue weighted by Gasteiger charge is -2.25. The molecule has 0 aliphatic carbocycles. The van der Waals surface area contributed by atoms with Crippen LogP contribution in [0.5, 0.6) is 5.75 Å². The van der Waals surface area contributed by atoms with Gasteiger partial charge in [0.1, 0.15) is 5.75 Å². The van der Waals surface area contributed by atoms with Crippen LogP contribution in [-0.4, -0.2) is 22.7 Å². The number of pyridine rings is 1. The van der Waals surface area contributed by atoms with Gasteiger partial charge in [0.25, 0.3) is 5.91 Å². The van der Waals surface area contributed by atoms with Crippen molar-refractivity contribution in [2.45, 2.75) is 32.3 Å². The Hall–Kier alpha value is -3.18. The molecule has 1 unspecified atom stereocenters. The van der Waals surface area contributed by atoms with Crippen LogP contribution >= 0.6 is 11.6 Å². The van der Waals surface area contributed by atoms with Crippen molar-refractivity contribution in [2.75, 3.05) is 5.32 Å². The van der Waals surface area contributed by atoms with Crippen LogP contribution in [0.2, 0.25) is 5.02 Å². The van der Waals surface area contributed by atoms with Crippen LogP contribution in [-0.2, 0) is 17.6 Å². The molecule has 0 bridgehead atoms. The average molecular weight is 418 g/mol. The molecule has 0 radical (unpaired) electrons. The Kier molecular flexibility index (Phi) is 4.75. The molecule has 1 aromatic heterocycles. The van der Waals surface area contributed by atoms with Gasteiger partial charge in [-0.25, -0.2) is 9.98 Å². The predicted molar refractivity (Wildman–Crippen MR) is 118 cm³/mol. The fourth-order valence-corrected chi connectivity index (χ4v) is 4.14. The third-order valence-corrected chi connectivity index (χ3v) is 5.76. The largest absolute Gasteiger partial charge is 0.480 e. The molecule has 2 aliphatic heterocycles. The van der Waals surface area contributed by atoms with Crippen LogP contribution in [0.1, 0.15) is 28.7 Å². The van der Waals surface area contributed by atoms with Crippen LogP contribution in [0.15, 0.2) is 59.7 Å². The Bertz CT molecular complexity index is 1190. The summed E-state index contributed by atoms with van der Waals surface area (Å²) in [4.78, 5) is 21.8. The van der Waals surface area contributed by atoms with E-state index in [1.165, 1.54) is 0 Å². The van der Waals surface area contributed by atoms with E-state index < -0.39 is 6.10 Å². The van der Waals surface area contributed by atoms with Gasteiger partial charge in [0.2, 0.25) is 0 Å².